The zero-order valence-electron chi connectivity index (χ0n) is 34.1. The maximum absolute atomic E-state index is 14.2. The highest BCUT2D eigenvalue weighted by molar-refractivity contribution is 7.20. The molecule has 0 saturated heterocycles. The predicted octanol–water partition coefficient (Wildman–Crippen LogP) is 9.49. The largest absolute Gasteiger partial charge is 0.494 e. The Morgan fingerprint density at radius 2 is 1.02 bits per heavy atom. The van der Waals surface area contributed by atoms with Crippen LogP contribution in [0.15, 0.2) is 104 Å². The number of unbranched alkanes of at least 4 members (excludes halogenated alkanes) is 2. The number of amides is 2. The fourth-order valence-corrected chi connectivity index (χ4v) is 6.30. The molecular weight excluding hydrogens is 881 g/mol. The Balaban J connectivity index is 1.19. The molecule has 2 amide bonds. The summed E-state index contributed by atoms with van der Waals surface area (Å²) in [5, 5.41) is 4.05. The first-order valence-corrected chi connectivity index (χ1v) is 20.3. The van der Waals surface area contributed by atoms with Gasteiger partial charge in [-0.05, 0) is 105 Å². The number of nitrogens with one attached hydrogen (secondary N) is 2. The van der Waals surface area contributed by atoms with Crippen molar-refractivity contribution in [2.75, 3.05) is 37.1 Å². The number of halogens is 6. The summed E-state index contributed by atoms with van der Waals surface area (Å²) < 4.78 is 107. The van der Waals surface area contributed by atoms with Crippen molar-refractivity contribution in [2.45, 2.75) is 38.0 Å². The lowest BCUT2D eigenvalue weighted by Crippen LogP contribution is -2.31. The molecule has 0 aliphatic rings. The van der Waals surface area contributed by atoms with Crippen LogP contribution in [0.1, 0.15) is 59.1 Å². The van der Waals surface area contributed by atoms with Crippen LogP contribution in [0.5, 0.6) is 10.9 Å². The van der Waals surface area contributed by atoms with E-state index in [0.29, 0.717) is 78.6 Å². The van der Waals surface area contributed by atoms with Gasteiger partial charge in [0.15, 0.2) is 0 Å². The standard InChI is InChI=1S/C47H37F6N3O8S/c1-3-41(57)62-24-6-5-23-61-34-18-13-30(14-19-34)9-10-31-15-20-37(35(27-31)46(48,49)50)54-43(59)44(60)55-38-21-16-32(28-36(38)47(51,52)53)11-12-33-17-22-40-39(29-33)56-45(65-40)64-26-8-7-25-63-42(58)4-2/h3-4,13-22,27-29H,1-2,5-8,23-26H2,(H,54,59)(H,55,60). The maximum Gasteiger partial charge on any atom is 0.418 e. The molecule has 4 aromatic carbocycles. The number of fused-ring (bicyclic) bond motifs is 1. The van der Waals surface area contributed by atoms with Gasteiger partial charge in [-0.3, -0.25) is 9.59 Å². The van der Waals surface area contributed by atoms with Crippen LogP contribution >= 0.6 is 11.3 Å². The van der Waals surface area contributed by atoms with Crippen LogP contribution in [-0.4, -0.2) is 55.2 Å². The Morgan fingerprint density at radius 1 is 0.585 bits per heavy atom. The van der Waals surface area contributed by atoms with Crippen molar-refractivity contribution in [2.24, 2.45) is 0 Å². The predicted molar refractivity (Wildman–Crippen MR) is 230 cm³/mol. The summed E-state index contributed by atoms with van der Waals surface area (Å²) in [5.41, 5.74) is -3.15. The number of rotatable bonds is 16. The fourth-order valence-electron chi connectivity index (χ4n) is 5.48. The van der Waals surface area contributed by atoms with Gasteiger partial charge in [0, 0.05) is 34.4 Å². The quantitative estimate of drug-likeness (QED) is 0.0247. The molecule has 11 nitrogen and oxygen atoms in total. The zero-order chi connectivity index (χ0) is 47.0. The average molecular weight is 918 g/mol. The third-order valence-corrected chi connectivity index (χ3v) is 9.62. The number of alkyl halides is 6. The lowest BCUT2D eigenvalue weighted by atomic mass is 10.1. The molecule has 0 atom stereocenters. The molecule has 5 rings (SSSR count). The van der Waals surface area contributed by atoms with Gasteiger partial charge in [0.05, 0.1) is 59.1 Å². The molecule has 0 fully saturated rings. The van der Waals surface area contributed by atoms with Gasteiger partial charge in [-0.15, -0.1) is 0 Å². The van der Waals surface area contributed by atoms with E-state index in [-0.39, 0.29) is 24.3 Å². The van der Waals surface area contributed by atoms with Crippen molar-refractivity contribution < 1.29 is 64.5 Å². The number of ether oxygens (including phenoxy) is 4. The third-order valence-electron chi connectivity index (χ3n) is 8.67. The second-order valence-electron chi connectivity index (χ2n) is 13.5. The Bertz CT molecular complexity index is 2690. The smallest absolute Gasteiger partial charge is 0.418 e. The zero-order valence-corrected chi connectivity index (χ0v) is 34.9. The van der Waals surface area contributed by atoms with Gasteiger partial charge in [0.2, 0.25) is 0 Å². The highest BCUT2D eigenvalue weighted by atomic mass is 32.1. The normalized spacial score (nSPS) is 10.9. The number of aromatic nitrogens is 1. The molecule has 0 saturated carbocycles. The lowest BCUT2D eigenvalue weighted by molar-refractivity contribution is -0.138. The highest BCUT2D eigenvalue weighted by Crippen LogP contribution is 2.37. The molecule has 1 aromatic heterocycles. The second-order valence-corrected chi connectivity index (χ2v) is 14.5. The number of nitrogens with zero attached hydrogens (tertiary/aromatic N) is 1. The molecule has 0 bridgehead atoms. The number of anilines is 2. The van der Waals surface area contributed by atoms with Gasteiger partial charge in [0.25, 0.3) is 5.19 Å². The van der Waals surface area contributed by atoms with Crippen molar-refractivity contribution in [3.05, 3.63) is 138 Å². The number of benzene rings is 4. The minimum atomic E-state index is -5.04. The number of esters is 2. The summed E-state index contributed by atoms with van der Waals surface area (Å²) >= 11 is 1.28. The van der Waals surface area contributed by atoms with Crippen LogP contribution < -0.4 is 20.1 Å². The van der Waals surface area contributed by atoms with E-state index in [2.05, 4.69) is 41.8 Å². The molecule has 0 aliphatic carbocycles. The van der Waals surface area contributed by atoms with Gasteiger partial charge in [-0.1, -0.05) is 48.2 Å². The Hall–Kier alpha value is -7.57. The van der Waals surface area contributed by atoms with Crippen molar-refractivity contribution >= 4 is 56.7 Å². The first-order valence-electron chi connectivity index (χ1n) is 19.5. The van der Waals surface area contributed by atoms with Crippen molar-refractivity contribution in [1.29, 1.82) is 0 Å². The number of hydrogen-bond acceptors (Lipinski definition) is 10. The minimum Gasteiger partial charge on any atom is -0.494 e. The SMILES string of the molecule is C=CC(=O)OCCCCOc1ccc(C#Cc2ccc(NC(=O)C(=O)Nc3ccc(C#Cc4ccc5sc(OCCCCOC(=O)C=C)nc5c4)cc3C(F)(F)F)c(C(F)(F)F)c2)cc1. The molecule has 5 aromatic rings. The fraction of sp³-hybridized carbons (Fsp3) is 0.213. The van der Waals surface area contributed by atoms with Crippen LogP contribution in [0.2, 0.25) is 0 Å². The Kier molecular flexibility index (Phi) is 16.9. The molecule has 0 spiro atoms. The van der Waals surface area contributed by atoms with Gasteiger partial charge >= 0.3 is 36.1 Å². The van der Waals surface area contributed by atoms with Gasteiger partial charge in [-0.25, -0.2) is 14.6 Å². The van der Waals surface area contributed by atoms with Crippen LogP contribution in [0.4, 0.5) is 37.7 Å². The van der Waals surface area contributed by atoms with E-state index in [4.69, 9.17) is 18.9 Å². The molecule has 0 unspecified atom stereocenters. The summed E-state index contributed by atoms with van der Waals surface area (Å²) in [5.74, 6) is 6.90. The molecule has 1 heterocycles. The molecule has 65 heavy (non-hydrogen) atoms. The summed E-state index contributed by atoms with van der Waals surface area (Å²) in [6.45, 7) is 7.74. The van der Waals surface area contributed by atoms with Crippen LogP contribution in [0.25, 0.3) is 10.2 Å². The number of carbonyl (C=O) groups is 4. The van der Waals surface area contributed by atoms with E-state index in [1.54, 1.807) is 42.5 Å². The summed E-state index contributed by atoms with van der Waals surface area (Å²) in [6, 6.07) is 16.8. The Labute approximate surface area is 372 Å². The Morgan fingerprint density at radius 3 is 1.51 bits per heavy atom. The third kappa shape index (κ3) is 15.0. The van der Waals surface area contributed by atoms with E-state index < -0.39 is 58.6 Å². The van der Waals surface area contributed by atoms with Crippen molar-refractivity contribution in [3.8, 4) is 34.6 Å². The molecule has 0 aliphatic heterocycles. The van der Waals surface area contributed by atoms with Gasteiger partial charge in [0.1, 0.15) is 5.75 Å². The minimum absolute atomic E-state index is 0.0898. The van der Waals surface area contributed by atoms with Gasteiger partial charge < -0.3 is 29.6 Å². The van der Waals surface area contributed by atoms with E-state index in [0.717, 1.165) is 29.0 Å². The van der Waals surface area contributed by atoms with Crippen LogP contribution in [0, 0.1) is 23.7 Å². The van der Waals surface area contributed by atoms with E-state index in [1.165, 1.54) is 23.5 Å². The number of carbonyl (C=O) groups excluding carboxylic acids is 4. The highest BCUT2D eigenvalue weighted by Gasteiger charge is 2.36. The van der Waals surface area contributed by atoms with E-state index in [1.807, 2.05) is 10.6 Å². The monoisotopic (exact) mass is 917 g/mol. The lowest BCUT2D eigenvalue weighted by Gasteiger charge is -2.16. The first-order chi connectivity index (χ1) is 31.0. The first kappa shape index (κ1) is 48.5. The van der Waals surface area contributed by atoms with E-state index in [9.17, 15) is 45.5 Å². The summed E-state index contributed by atoms with van der Waals surface area (Å²) in [7, 11) is 0. The molecule has 2 N–H and O–H groups in total. The molecule has 0 radical (unpaired) electrons. The molecule has 18 heteroatoms. The molecule has 336 valence electrons. The topological polar surface area (TPSA) is 142 Å². The summed E-state index contributed by atoms with van der Waals surface area (Å²) in [6.07, 6.45) is -5.57. The number of hydrogen-bond donors (Lipinski definition) is 2. The van der Waals surface area contributed by atoms with Crippen LogP contribution in [0.3, 0.4) is 0 Å². The average Bonchev–Trinajstić information content (AvgIpc) is 3.69. The maximum atomic E-state index is 14.2. The van der Waals surface area contributed by atoms with Crippen LogP contribution in [-0.2, 0) is 41.0 Å². The van der Waals surface area contributed by atoms with Crippen molar-refractivity contribution in [3.63, 3.8) is 0 Å². The second kappa shape index (κ2) is 22.7. The molecular formula is C47H37F6N3O8S. The summed E-state index contributed by atoms with van der Waals surface area (Å²) in [4.78, 5) is 52.2. The van der Waals surface area contributed by atoms with Crippen molar-refractivity contribution in [1.82, 2.24) is 4.98 Å². The number of thiazole rings is 1. The van der Waals surface area contributed by atoms with E-state index >= 15 is 0 Å². The van der Waals surface area contributed by atoms with Gasteiger partial charge in [-0.2, -0.15) is 26.3 Å².